The zero-order chi connectivity index (χ0) is 13.7. The molecule has 1 aromatic carbocycles. The Morgan fingerprint density at radius 1 is 1.32 bits per heavy atom. The van der Waals surface area contributed by atoms with Crippen molar-refractivity contribution in [3.63, 3.8) is 0 Å². The average molecular weight is 264 g/mol. The highest BCUT2D eigenvalue weighted by atomic mass is 16.5. The van der Waals surface area contributed by atoms with Gasteiger partial charge in [-0.25, -0.2) is 0 Å². The van der Waals surface area contributed by atoms with Crippen molar-refractivity contribution < 1.29 is 14.6 Å². The van der Waals surface area contributed by atoms with Crippen molar-refractivity contribution in [2.24, 2.45) is 5.92 Å². The molecule has 1 aromatic rings. The molecule has 0 saturated heterocycles. The predicted octanol–water partition coefficient (Wildman–Crippen LogP) is 3.54. The van der Waals surface area contributed by atoms with E-state index >= 15 is 0 Å². The van der Waals surface area contributed by atoms with Gasteiger partial charge in [-0.3, -0.25) is 0 Å². The maximum Gasteiger partial charge on any atom is 0.128 e. The van der Waals surface area contributed by atoms with Gasteiger partial charge in [0.2, 0.25) is 0 Å². The van der Waals surface area contributed by atoms with Crippen molar-refractivity contribution >= 4 is 0 Å². The Bertz CT molecular complexity index is 403. The fourth-order valence-electron chi connectivity index (χ4n) is 2.80. The lowest BCUT2D eigenvalue weighted by atomic mass is 9.85. The molecule has 0 radical (unpaired) electrons. The van der Waals surface area contributed by atoms with Crippen LogP contribution in [0.15, 0.2) is 18.2 Å². The van der Waals surface area contributed by atoms with Crippen molar-refractivity contribution in [3.8, 4) is 11.5 Å². The van der Waals surface area contributed by atoms with Crippen LogP contribution in [0.5, 0.6) is 11.5 Å². The Hall–Kier alpha value is -1.22. The molecule has 1 aliphatic carbocycles. The monoisotopic (exact) mass is 264 g/mol. The summed E-state index contributed by atoms with van der Waals surface area (Å²) < 4.78 is 11.3. The van der Waals surface area contributed by atoms with Gasteiger partial charge >= 0.3 is 0 Å². The first-order valence-corrected chi connectivity index (χ1v) is 7.21. The van der Waals surface area contributed by atoms with E-state index in [0.29, 0.717) is 0 Å². The molecule has 1 aliphatic rings. The number of methoxy groups -OCH3 is 1. The summed E-state index contributed by atoms with van der Waals surface area (Å²) in [4.78, 5) is 0. The van der Waals surface area contributed by atoms with Crippen LogP contribution in [-0.4, -0.2) is 18.3 Å². The summed E-state index contributed by atoms with van der Waals surface area (Å²) in [6, 6.07) is 5.60. The number of hydrogen-bond acceptors (Lipinski definition) is 3. The quantitative estimate of drug-likeness (QED) is 0.884. The molecule has 0 aliphatic heterocycles. The van der Waals surface area contributed by atoms with Gasteiger partial charge in [-0.2, -0.15) is 0 Å². The Morgan fingerprint density at radius 2 is 2.16 bits per heavy atom. The maximum absolute atomic E-state index is 9.39. The third-order valence-electron chi connectivity index (χ3n) is 4.05. The zero-order valence-corrected chi connectivity index (χ0v) is 11.9. The Morgan fingerprint density at radius 3 is 2.84 bits per heavy atom. The summed E-state index contributed by atoms with van der Waals surface area (Å²) in [6.07, 6.45) is 6.29. The standard InChI is InChI=1S/C16H24O3/c1-3-12-5-4-6-15(9-12)19-16-10-14(18-2)8-7-13(16)11-17/h7-8,10,12,15,17H,3-6,9,11H2,1-2H3. The lowest BCUT2D eigenvalue weighted by Gasteiger charge is -2.29. The molecule has 0 bridgehead atoms. The minimum absolute atomic E-state index is 0.00323. The Balaban J connectivity index is 2.08. The van der Waals surface area contributed by atoms with Crippen molar-refractivity contribution in [1.29, 1.82) is 0 Å². The predicted molar refractivity (Wildman–Crippen MR) is 75.6 cm³/mol. The molecule has 0 heterocycles. The van der Waals surface area contributed by atoms with E-state index in [-0.39, 0.29) is 12.7 Å². The van der Waals surface area contributed by atoms with Crippen LogP contribution < -0.4 is 9.47 Å². The van der Waals surface area contributed by atoms with E-state index in [2.05, 4.69) is 6.92 Å². The van der Waals surface area contributed by atoms with Crippen LogP contribution in [0.4, 0.5) is 0 Å². The lowest BCUT2D eigenvalue weighted by Crippen LogP contribution is -2.25. The first kappa shape index (κ1) is 14.2. The van der Waals surface area contributed by atoms with Crippen LogP contribution in [0.3, 0.4) is 0 Å². The fraction of sp³-hybridized carbons (Fsp3) is 0.625. The highest BCUT2D eigenvalue weighted by Crippen LogP contribution is 2.32. The van der Waals surface area contributed by atoms with Gasteiger partial charge in [0.1, 0.15) is 11.5 Å². The third-order valence-corrected chi connectivity index (χ3v) is 4.05. The van der Waals surface area contributed by atoms with Gasteiger partial charge in [0, 0.05) is 11.6 Å². The number of aliphatic hydroxyl groups excluding tert-OH is 1. The van der Waals surface area contributed by atoms with E-state index in [1.807, 2.05) is 18.2 Å². The maximum atomic E-state index is 9.39. The highest BCUT2D eigenvalue weighted by molar-refractivity contribution is 5.40. The van der Waals surface area contributed by atoms with Gasteiger partial charge in [-0.05, 0) is 37.3 Å². The molecule has 19 heavy (non-hydrogen) atoms. The first-order valence-electron chi connectivity index (χ1n) is 7.21. The first-order chi connectivity index (χ1) is 9.26. The van der Waals surface area contributed by atoms with Crippen molar-refractivity contribution in [3.05, 3.63) is 23.8 Å². The van der Waals surface area contributed by atoms with Crippen LogP contribution >= 0.6 is 0 Å². The highest BCUT2D eigenvalue weighted by Gasteiger charge is 2.22. The van der Waals surface area contributed by atoms with E-state index in [1.165, 1.54) is 19.3 Å². The van der Waals surface area contributed by atoms with Gasteiger partial charge in [0.05, 0.1) is 19.8 Å². The second-order valence-electron chi connectivity index (χ2n) is 5.31. The second-order valence-corrected chi connectivity index (χ2v) is 5.31. The van der Waals surface area contributed by atoms with E-state index in [0.717, 1.165) is 35.8 Å². The summed E-state index contributed by atoms with van der Waals surface area (Å²) in [5.41, 5.74) is 0.833. The average Bonchev–Trinajstić information content (AvgIpc) is 2.47. The van der Waals surface area contributed by atoms with Crippen LogP contribution in [-0.2, 0) is 6.61 Å². The molecule has 3 nitrogen and oxygen atoms in total. The molecule has 106 valence electrons. The molecule has 1 saturated carbocycles. The van der Waals surface area contributed by atoms with Crippen molar-refractivity contribution in [1.82, 2.24) is 0 Å². The smallest absolute Gasteiger partial charge is 0.128 e. The minimum atomic E-state index is 0.00323. The van der Waals surface area contributed by atoms with Crippen LogP contribution in [0, 0.1) is 5.92 Å². The van der Waals surface area contributed by atoms with Crippen LogP contribution in [0.25, 0.3) is 0 Å². The second kappa shape index (κ2) is 6.80. The van der Waals surface area contributed by atoms with Gasteiger partial charge in [0.25, 0.3) is 0 Å². The largest absolute Gasteiger partial charge is 0.497 e. The van der Waals surface area contributed by atoms with E-state index in [4.69, 9.17) is 9.47 Å². The molecule has 1 fully saturated rings. The molecule has 0 aromatic heterocycles. The summed E-state index contributed by atoms with van der Waals surface area (Å²) in [6.45, 7) is 2.25. The summed E-state index contributed by atoms with van der Waals surface area (Å²) >= 11 is 0. The number of ether oxygens (including phenoxy) is 2. The Labute approximate surface area is 115 Å². The molecule has 2 rings (SSSR count). The number of hydrogen-bond donors (Lipinski definition) is 1. The SMILES string of the molecule is CCC1CCCC(Oc2cc(OC)ccc2CO)C1. The van der Waals surface area contributed by atoms with Crippen molar-refractivity contribution in [2.75, 3.05) is 7.11 Å². The van der Waals surface area contributed by atoms with E-state index < -0.39 is 0 Å². The zero-order valence-electron chi connectivity index (χ0n) is 11.9. The number of aliphatic hydroxyl groups is 1. The third kappa shape index (κ3) is 3.63. The van der Waals surface area contributed by atoms with Crippen molar-refractivity contribution in [2.45, 2.75) is 51.7 Å². The summed E-state index contributed by atoms with van der Waals surface area (Å²) in [5, 5.41) is 9.39. The minimum Gasteiger partial charge on any atom is -0.497 e. The van der Waals surface area contributed by atoms with Crippen LogP contribution in [0.2, 0.25) is 0 Å². The van der Waals surface area contributed by atoms with Crippen LogP contribution in [0.1, 0.15) is 44.6 Å². The summed E-state index contributed by atoms with van der Waals surface area (Å²) in [7, 11) is 1.64. The van der Waals surface area contributed by atoms with E-state index in [1.54, 1.807) is 7.11 Å². The van der Waals surface area contributed by atoms with Gasteiger partial charge in [0.15, 0.2) is 0 Å². The molecule has 0 amide bonds. The van der Waals surface area contributed by atoms with E-state index in [9.17, 15) is 5.11 Å². The van der Waals surface area contributed by atoms with Gasteiger partial charge < -0.3 is 14.6 Å². The molecule has 0 spiro atoms. The molecule has 2 unspecified atom stereocenters. The lowest BCUT2D eigenvalue weighted by molar-refractivity contribution is 0.118. The Kier molecular flexibility index (Phi) is 5.08. The molecular formula is C16H24O3. The van der Waals surface area contributed by atoms with Gasteiger partial charge in [-0.1, -0.05) is 19.8 Å². The number of rotatable bonds is 5. The molecule has 3 heteroatoms. The fourth-order valence-corrected chi connectivity index (χ4v) is 2.80. The normalized spacial score (nSPS) is 23.1. The number of benzene rings is 1. The molecule has 1 N–H and O–H groups in total. The molecule has 2 atom stereocenters. The molecular weight excluding hydrogens is 240 g/mol. The topological polar surface area (TPSA) is 38.7 Å². The summed E-state index contributed by atoms with van der Waals surface area (Å²) in [5.74, 6) is 2.32. The van der Waals surface area contributed by atoms with Gasteiger partial charge in [-0.15, -0.1) is 0 Å².